The Hall–Kier alpha value is -1.85. The summed E-state index contributed by atoms with van der Waals surface area (Å²) in [4.78, 5) is 13.0. The minimum Gasteiger partial charge on any atom is -0.353 e. The van der Waals surface area contributed by atoms with Gasteiger partial charge >= 0.3 is 0 Å². The van der Waals surface area contributed by atoms with Crippen molar-refractivity contribution >= 4 is 18.3 Å². The van der Waals surface area contributed by atoms with Crippen LogP contribution in [0, 0.1) is 11.8 Å². The number of rotatable bonds is 5. The highest BCUT2D eigenvalue weighted by Gasteiger charge is 2.37. The lowest BCUT2D eigenvalue weighted by molar-refractivity contribution is -0.125. The molecule has 6 heteroatoms. The van der Waals surface area contributed by atoms with Gasteiger partial charge in [-0.05, 0) is 36.3 Å². The van der Waals surface area contributed by atoms with Crippen molar-refractivity contribution in [2.45, 2.75) is 37.6 Å². The van der Waals surface area contributed by atoms with Gasteiger partial charge in [0.25, 0.3) is 0 Å². The van der Waals surface area contributed by atoms with Gasteiger partial charge in [-0.3, -0.25) is 9.48 Å². The van der Waals surface area contributed by atoms with Crippen molar-refractivity contribution in [2.24, 2.45) is 18.9 Å². The van der Waals surface area contributed by atoms with Crippen molar-refractivity contribution in [2.75, 3.05) is 13.1 Å². The molecular weight excluding hydrogens is 360 g/mol. The van der Waals surface area contributed by atoms with E-state index in [0.717, 1.165) is 31.5 Å². The van der Waals surface area contributed by atoms with Gasteiger partial charge in [-0.15, -0.1) is 12.4 Å². The number of halogens is 1. The molecule has 2 heterocycles. The zero-order valence-electron chi connectivity index (χ0n) is 15.8. The first-order valence-corrected chi connectivity index (χ1v) is 9.74. The number of carbonyl (C=O) groups excluding carboxylic acids is 1. The van der Waals surface area contributed by atoms with Crippen molar-refractivity contribution in [1.29, 1.82) is 0 Å². The predicted molar refractivity (Wildman–Crippen MR) is 109 cm³/mol. The summed E-state index contributed by atoms with van der Waals surface area (Å²) in [5.41, 5.74) is 2.53. The second-order valence-corrected chi connectivity index (χ2v) is 7.81. The van der Waals surface area contributed by atoms with Gasteiger partial charge in [0.15, 0.2) is 0 Å². The van der Waals surface area contributed by atoms with E-state index in [0.29, 0.717) is 12.0 Å². The average Bonchev–Trinajstić information content (AvgIpc) is 3.37. The molecule has 0 bridgehead atoms. The van der Waals surface area contributed by atoms with Gasteiger partial charge in [-0.2, -0.15) is 5.10 Å². The molecule has 27 heavy (non-hydrogen) atoms. The standard InChI is InChI=1S/C21H28N4O.ClH/c1-25-14-17(11-23-25)18-12-22-13-19(18)21(26)24-20-9-5-8-16(20)10-15-6-3-2-4-7-15;/h2-4,6-7,11,14,16,18-20,22H,5,8-10,12-13H2,1H3,(H,24,26);1H/t16?,18-,19+,20?;/m1./s1. The van der Waals surface area contributed by atoms with E-state index in [1.807, 2.05) is 24.1 Å². The van der Waals surface area contributed by atoms with Crippen LogP contribution in [0.3, 0.4) is 0 Å². The molecule has 2 aromatic rings. The lowest BCUT2D eigenvalue weighted by Crippen LogP contribution is -2.43. The molecule has 2 N–H and O–H groups in total. The third kappa shape index (κ3) is 4.53. The van der Waals surface area contributed by atoms with E-state index in [1.54, 1.807) is 0 Å². The van der Waals surface area contributed by atoms with Crippen LogP contribution >= 0.6 is 12.4 Å². The molecule has 4 atom stereocenters. The first-order chi connectivity index (χ1) is 12.7. The van der Waals surface area contributed by atoms with Gasteiger partial charge in [0.2, 0.25) is 5.91 Å². The maximum atomic E-state index is 13.0. The van der Waals surface area contributed by atoms with Gasteiger partial charge in [0, 0.05) is 38.3 Å². The Morgan fingerprint density at radius 3 is 2.81 bits per heavy atom. The van der Waals surface area contributed by atoms with E-state index >= 15 is 0 Å². The van der Waals surface area contributed by atoms with Gasteiger partial charge in [0.1, 0.15) is 0 Å². The molecule has 1 amide bonds. The quantitative estimate of drug-likeness (QED) is 0.827. The molecular formula is C21H29ClN4O. The maximum Gasteiger partial charge on any atom is 0.225 e. The van der Waals surface area contributed by atoms with Crippen LogP contribution in [0.2, 0.25) is 0 Å². The molecule has 0 radical (unpaired) electrons. The second-order valence-electron chi connectivity index (χ2n) is 7.81. The monoisotopic (exact) mass is 388 g/mol. The highest BCUT2D eigenvalue weighted by Crippen LogP contribution is 2.31. The number of benzene rings is 1. The van der Waals surface area contributed by atoms with E-state index in [1.165, 1.54) is 18.4 Å². The smallest absolute Gasteiger partial charge is 0.225 e. The lowest BCUT2D eigenvalue weighted by Gasteiger charge is -2.24. The molecule has 1 saturated carbocycles. The van der Waals surface area contributed by atoms with Crippen LogP contribution in [0.5, 0.6) is 0 Å². The summed E-state index contributed by atoms with van der Waals surface area (Å²) >= 11 is 0. The summed E-state index contributed by atoms with van der Waals surface area (Å²) in [5, 5.41) is 11.1. The van der Waals surface area contributed by atoms with Crippen LogP contribution in [0.1, 0.15) is 36.3 Å². The van der Waals surface area contributed by atoms with Gasteiger partial charge in [-0.25, -0.2) is 0 Å². The van der Waals surface area contributed by atoms with Crippen LogP contribution in [-0.2, 0) is 18.3 Å². The third-order valence-corrected chi connectivity index (χ3v) is 6.03. The van der Waals surface area contributed by atoms with E-state index in [4.69, 9.17) is 0 Å². The van der Waals surface area contributed by atoms with Crippen LogP contribution in [0.15, 0.2) is 42.7 Å². The largest absolute Gasteiger partial charge is 0.353 e. The topological polar surface area (TPSA) is 59.0 Å². The number of amides is 1. The highest BCUT2D eigenvalue weighted by molar-refractivity contribution is 5.85. The molecule has 2 aliphatic rings. The van der Waals surface area contributed by atoms with Crippen molar-refractivity contribution in [3.63, 3.8) is 0 Å². The Balaban J connectivity index is 0.00000210. The maximum absolute atomic E-state index is 13.0. The molecule has 2 unspecified atom stereocenters. The summed E-state index contributed by atoms with van der Waals surface area (Å²) in [6.07, 6.45) is 8.49. The molecule has 1 aliphatic heterocycles. The van der Waals surface area contributed by atoms with E-state index < -0.39 is 0 Å². The van der Waals surface area contributed by atoms with E-state index in [9.17, 15) is 4.79 Å². The molecule has 1 aromatic carbocycles. The fraction of sp³-hybridized carbons (Fsp3) is 0.524. The molecule has 1 aromatic heterocycles. The van der Waals surface area contributed by atoms with E-state index in [-0.39, 0.29) is 30.2 Å². The number of nitrogens with zero attached hydrogens (tertiary/aromatic N) is 2. The SMILES string of the molecule is Cl.Cn1cc([C@H]2CNC[C@@H]2C(=O)NC2CCCC2Cc2ccccc2)cn1. The number of hydrogen-bond acceptors (Lipinski definition) is 3. The van der Waals surface area contributed by atoms with E-state index in [2.05, 4.69) is 46.1 Å². The average molecular weight is 389 g/mol. The number of nitrogens with one attached hydrogen (secondary N) is 2. The number of carbonyl (C=O) groups is 1. The summed E-state index contributed by atoms with van der Waals surface area (Å²) in [6.45, 7) is 1.60. The lowest BCUT2D eigenvalue weighted by atomic mass is 9.89. The summed E-state index contributed by atoms with van der Waals surface area (Å²) in [5.74, 6) is 0.969. The number of aryl methyl sites for hydroxylation is 1. The van der Waals surface area contributed by atoms with Gasteiger partial charge < -0.3 is 10.6 Å². The Labute approximate surface area is 167 Å². The predicted octanol–water partition coefficient (Wildman–Crippen LogP) is 2.67. The van der Waals surface area contributed by atoms with Crippen molar-refractivity contribution in [3.05, 3.63) is 53.9 Å². The normalized spacial score (nSPS) is 27.3. The Morgan fingerprint density at radius 2 is 2.07 bits per heavy atom. The zero-order chi connectivity index (χ0) is 17.9. The minimum absolute atomic E-state index is 0. The van der Waals surface area contributed by atoms with Gasteiger partial charge in [0.05, 0.1) is 12.1 Å². The van der Waals surface area contributed by atoms with Gasteiger partial charge in [-0.1, -0.05) is 36.8 Å². The second kappa shape index (κ2) is 8.89. The highest BCUT2D eigenvalue weighted by atomic mass is 35.5. The molecule has 1 aliphatic carbocycles. The Bertz CT molecular complexity index is 748. The summed E-state index contributed by atoms with van der Waals surface area (Å²) in [6, 6.07) is 10.9. The molecule has 5 nitrogen and oxygen atoms in total. The van der Waals surface area contributed by atoms with Crippen LogP contribution in [-0.4, -0.2) is 34.8 Å². The molecule has 1 saturated heterocycles. The van der Waals surface area contributed by atoms with Crippen LogP contribution < -0.4 is 10.6 Å². The number of hydrogen-bond donors (Lipinski definition) is 2. The first-order valence-electron chi connectivity index (χ1n) is 9.74. The molecule has 4 rings (SSSR count). The van der Waals surface area contributed by atoms with Crippen molar-refractivity contribution in [3.8, 4) is 0 Å². The summed E-state index contributed by atoms with van der Waals surface area (Å²) < 4.78 is 1.81. The Kier molecular flexibility index (Phi) is 6.55. The zero-order valence-corrected chi connectivity index (χ0v) is 16.6. The molecule has 0 spiro atoms. The van der Waals surface area contributed by atoms with Crippen LogP contribution in [0.25, 0.3) is 0 Å². The Morgan fingerprint density at radius 1 is 1.26 bits per heavy atom. The number of aromatic nitrogens is 2. The minimum atomic E-state index is -0.00262. The fourth-order valence-electron chi connectivity index (χ4n) is 4.61. The summed E-state index contributed by atoms with van der Waals surface area (Å²) in [7, 11) is 1.92. The molecule has 2 fully saturated rings. The molecule has 146 valence electrons. The fourth-order valence-corrected chi connectivity index (χ4v) is 4.61. The van der Waals surface area contributed by atoms with Crippen LogP contribution in [0.4, 0.5) is 0 Å². The first kappa shape index (κ1) is 19.9. The third-order valence-electron chi connectivity index (χ3n) is 6.03. The van der Waals surface area contributed by atoms with Crippen molar-refractivity contribution in [1.82, 2.24) is 20.4 Å². The van der Waals surface area contributed by atoms with Crippen molar-refractivity contribution < 1.29 is 4.79 Å².